The Hall–Kier alpha value is -1.37. The molecule has 0 saturated carbocycles. The van der Waals surface area contributed by atoms with Crippen LogP contribution in [0, 0.1) is 0 Å². The summed E-state index contributed by atoms with van der Waals surface area (Å²) in [4.78, 5) is 5.45. The first kappa shape index (κ1) is 18.0. The Morgan fingerprint density at radius 2 is 2.04 bits per heavy atom. The topological polar surface area (TPSA) is 41.6 Å². The second kappa shape index (κ2) is 8.47. The minimum absolute atomic E-state index is 0.363. The maximum Gasteiger partial charge on any atom is 0.223 e. The lowest BCUT2D eigenvalue weighted by atomic mass is 10.2. The molecule has 2 N–H and O–H groups in total. The number of anilines is 1. The summed E-state index contributed by atoms with van der Waals surface area (Å²) < 4.78 is 12.7. The van der Waals surface area contributed by atoms with Crippen molar-refractivity contribution in [3.8, 4) is 0 Å². The third-order valence-electron chi connectivity index (χ3n) is 3.13. The van der Waals surface area contributed by atoms with Gasteiger partial charge in [-0.3, -0.25) is 0 Å². The van der Waals surface area contributed by atoms with E-state index in [9.17, 15) is 4.39 Å². The first-order valence-electron chi connectivity index (χ1n) is 6.82. The van der Waals surface area contributed by atoms with Gasteiger partial charge < -0.3 is 10.6 Å². The van der Waals surface area contributed by atoms with Crippen molar-refractivity contribution in [1.82, 2.24) is 0 Å². The van der Waals surface area contributed by atoms with Crippen LogP contribution in [0.3, 0.4) is 0 Å². The van der Waals surface area contributed by atoms with Gasteiger partial charge in [-0.2, -0.15) is 12.6 Å². The van der Waals surface area contributed by atoms with Crippen LogP contribution in [0.4, 0.5) is 15.8 Å². The number of halogens is 2. The maximum atomic E-state index is 12.7. The standard InChI is InChI=1S/C16H17ClFN3S2/c1-21(13-4-2-3-11(9-13)10-22)16(19)20-12-5-7-14(8-6-12)23-15(17)18/h2-9,15,22H,10H2,1H3,(H2,19,20). The Morgan fingerprint density at radius 1 is 1.35 bits per heavy atom. The van der Waals surface area contributed by atoms with E-state index in [4.69, 9.17) is 17.3 Å². The second-order valence-corrected chi connectivity index (χ2v) is 6.81. The normalized spacial score (nSPS) is 13.0. The molecule has 0 amide bonds. The maximum absolute atomic E-state index is 12.7. The predicted octanol–water partition coefficient (Wildman–Crippen LogP) is 4.78. The van der Waals surface area contributed by atoms with Gasteiger partial charge in [0.15, 0.2) is 0 Å². The summed E-state index contributed by atoms with van der Waals surface area (Å²) in [5, 5.41) is 0. The molecule has 122 valence electrons. The van der Waals surface area contributed by atoms with Crippen molar-refractivity contribution in [1.29, 1.82) is 0 Å². The number of benzene rings is 2. The molecule has 0 aromatic heterocycles. The van der Waals surface area contributed by atoms with Crippen LogP contribution in [0.2, 0.25) is 0 Å². The van der Waals surface area contributed by atoms with E-state index in [1.165, 1.54) is 0 Å². The lowest BCUT2D eigenvalue weighted by molar-refractivity contribution is 0.560. The monoisotopic (exact) mass is 369 g/mol. The van der Waals surface area contributed by atoms with E-state index in [-0.39, 0.29) is 0 Å². The van der Waals surface area contributed by atoms with Gasteiger partial charge in [-0.05, 0) is 42.0 Å². The van der Waals surface area contributed by atoms with Gasteiger partial charge in [-0.15, -0.1) is 0 Å². The van der Waals surface area contributed by atoms with Gasteiger partial charge in [0.05, 0.1) is 5.69 Å². The average Bonchev–Trinajstić information content (AvgIpc) is 2.55. The van der Waals surface area contributed by atoms with Crippen molar-refractivity contribution in [3.63, 3.8) is 0 Å². The van der Waals surface area contributed by atoms with Gasteiger partial charge in [-0.1, -0.05) is 35.5 Å². The first-order valence-corrected chi connectivity index (χ1v) is 8.77. The molecule has 0 saturated heterocycles. The van der Waals surface area contributed by atoms with E-state index >= 15 is 0 Å². The van der Waals surface area contributed by atoms with Crippen molar-refractivity contribution >= 4 is 53.3 Å². The molecule has 2 aromatic rings. The number of hydrogen-bond acceptors (Lipinski definition) is 3. The number of aliphatic imine (C=N–C) groups is 1. The summed E-state index contributed by atoms with van der Waals surface area (Å²) in [5.74, 6) is 1.02. The van der Waals surface area contributed by atoms with Crippen molar-refractivity contribution in [2.45, 2.75) is 15.6 Å². The highest BCUT2D eigenvalue weighted by Crippen LogP contribution is 2.28. The first-order chi connectivity index (χ1) is 11.0. The Kier molecular flexibility index (Phi) is 6.62. The number of hydrogen-bond donors (Lipinski definition) is 2. The van der Waals surface area contributed by atoms with Gasteiger partial charge in [0, 0.05) is 23.4 Å². The van der Waals surface area contributed by atoms with Crippen molar-refractivity contribution < 1.29 is 4.39 Å². The number of thioether (sulfide) groups is 1. The molecular weight excluding hydrogens is 353 g/mol. The summed E-state index contributed by atoms with van der Waals surface area (Å²) in [6, 6.07) is 15.0. The fraction of sp³-hybridized carbons (Fsp3) is 0.188. The molecule has 2 aromatic carbocycles. The third kappa shape index (κ3) is 5.34. The Labute approximate surface area is 150 Å². The number of rotatable bonds is 5. The highest BCUT2D eigenvalue weighted by atomic mass is 35.5. The van der Waals surface area contributed by atoms with Crippen LogP contribution in [0.5, 0.6) is 0 Å². The van der Waals surface area contributed by atoms with Gasteiger partial charge in [0.2, 0.25) is 10.9 Å². The summed E-state index contributed by atoms with van der Waals surface area (Å²) in [6.07, 6.45) is 0. The molecule has 0 aliphatic rings. The van der Waals surface area contributed by atoms with Gasteiger partial charge in [0.1, 0.15) is 0 Å². The second-order valence-electron chi connectivity index (χ2n) is 4.73. The quantitative estimate of drug-likeness (QED) is 0.262. The minimum Gasteiger partial charge on any atom is -0.369 e. The predicted molar refractivity (Wildman–Crippen MR) is 102 cm³/mol. The Morgan fingerprint density at radius 3 is 2.65 bits per heavy atom. The molecule has 0 spiro atoms. The van der Waals surface area contributed by atoms with Gasteiger partial charge >= 0.3 is 0 Å². The Balaban J connectivity index is 2.14. The molecule has 0 heterocycles. The van der Waals surface area contributed by atoms with Crippen LogP contribution in [0.25, 0.3) is 0 Å². The summed E-state index contributed by atoms with van der Waals surface area (Å²) in [6.45, 7) is 0. The van der Waals surface area contributed by atoms with Gasteiger partial charge in [-0.25, -0.2) is 9.38 Å². The molecule has 0 aliphatic carbocycles. The number of nitrogens with two attached hydrogens (primary N) is 1. The number of alkyl halides is 2. The molecule has 2 rings (SSSR count). The van der Waals surface area contributed by atoms with Crippen LogP contribution in [0.15, 0.2) is 58.4 Å². The zero-order valence-electron chi connectivity index (χ0n) is 12.5. The molecule has 0 radical (unpaired) electrons. The van der Waals surface area contributed by atoms with E-state index in [2.05, 4.69) is 17.6 Å². The SMILES string of the molecule is CN(C(N)=Nc1ccc(SC(F)Cl)cc1)c1cccc(CS)c1. The molecule has 0 bridgehead atoms. The fourth-order valence-corrected chi connectivity index (χ4v) is 2.91. The van der Waals surface area contributed by atoms with E-state index < -0.39 is 4.96 Å². The van der Waals surface area contributed by atoms with Crippen molar-refractivity contribution in [2.24, 2.45) is 10.7 Å². The van der Waals surface area contributed by atoms with Crippen molar-refractivity contribution in [2.75, 3.05) is 11.9 Å². The molecule has 7 heteroatoms. The van der Waals surface area contributed by atoms with Crippen LogP contribution in [-0.4, -0.2) is 18.0 Å². The smallest absolute Gasteiger partial charge is 0.223 e. The molecule has 23 heavy (non-hydrogen) atoms. The zero-order chi connectivity index (χ0) is 16.8. The summed E-state index contributed by atoms with van der Waals surface area (Å²) in [5.41, 5.74) is 8.79. The van der Waals surface area contributed by atoms with E-state index in [1.54, 1.807) is 29.2 Å². The molecule has 1 atom stereocenters. The highest BCUT2D eigenvalue weighted by Gasteiger charge is 2.07. The molecular formula is C16H17ClFN3S2. The third-order valence-corrected chi connectivity index (χ3v) is 4.48. The van der Waals surface area contributed by atoms with E-state index in [1.807, 2.05) is 31.3 Å². The average molecular weight is 370 g/mol. The lowest BCUT2D eigenvalue weighted by Gasteiger charge is -2.18. The molecule has 0 aliphatic heterocycles. The van der Waals surface area contributed by atoms with E-state index in [0.29, 0.717) is 17.4 Å². The molecule has 3 nitrogen and oxygen atoms in total. The van der Waals surface area contributed by atoms with Crippen LogP contribution in [-0.2, 0) is 5.75 Å². The summed E-state index contributed by atoms with van der Waals surface area (Å²) >= 11 is 10.5. The molecule has 1 unspecified atom stereocenters. The van der Waals surface area contributed by atoms with Crippen molar-refractivity contribution in [3.05, 3.63) is 54.1 Å². The molecule has 0 fully saturated rings. The lowest BCUT2D eigenvalue weighted by Crippen LogP contribution is -2.33. The Bertz CT molecular complexity index is 677. The van der Waals surface area contributed by atoms with Crippen LogP contribution < -0.4 is 10.6 Å². The van der Waals surface area contributed by atoms with Crippen LogP contribution in [0.1, 0.15) is 5.56 Å². The summed E-state index contributed by atoms with van der Waals surface area (Å²) in [7, 11) is 1.85. The minimum atomic E-state index is -1.46. The zero-order valence-corrected chi connectivity index (χ0v) is 15.0. The van der Waals surface area contributed by atoms with Crippen LogP contribution >= 0.6 is 36.0 Å². The van der Waals surface area contributed by atoms with Gasteiger partial charge in [0.25, 0.3) is 0 Å². The fourth-order valence-electron chi connectivity index (χ4n) is 1.91. The number of guanidine groups is 1. The highest BCUT2D eigenvalue weighted by molar-refractivity contribution is 8.00. The largest absolute Gasteiger partial charge is 0.369 e. The van der Waals surface area contributed by atoms with E-state index in [0.717, 1.165) is 27.9 Å². The number of thiol groups is 1. The number of nitrogens with zero attached hydrogens (tertiary/aromatic N) is 2.